The van der Waals surface area contributed by atoms with Gasteiger partial charge in [0, 0.05) is 0 Å². The highest BCUT2D eigenvalue weighted by Gasteiger charge is 2.18. The summed E-state index contributed by atoms with van der Waals surface area (Å²) in [5, 5.41) is 4.33. The van der Waals surface area contributed by atoms with Crippen LogP contribution in [0.1, 0.15) is 39.0 Å². The molecule has 20 heavy (non-hydrogen) atoms. The topological polar surface area (TPSA) is 61.2 Å². The lowest BCUT2D eigenvalue weighted by molar-refractivity contribution is 0.0526. The molecule has 1 aromatic carbocycles. The number of esters is 1. The van der Waals surface area contributed by atoms with E-state index in [-0.39, 0.29) is 0 Å². The maximum absolute atomic E-state index is 12.0. The fourth-order valence-electron chi connectivity index (χ4n) is 2.10. The summed E-state index contributed by atoms with van der Waals surface area (Å²) in [6, 6.07) is 7.04. The van der Waals surface area contributed by atoms with Gasteiger partial charge in [0.25, 0.3) is 0 Å². The average Bonchev–Trinajstić information content (AvgIpc) is 2.73. The van der Waals surface area contributed by atoms with Crippen molar-refractivity contribution in [2.45, 2.75) is 20.8 Å². The van der Waals surface area contributed by atoms with Crippen LogP contribution in [0.3, 0.4) is 0 Å². The van der Waals surface area contributed by atoms with E-state index in [0.29, 0.717) is 34.8 Å². The van der Waals surface area contributed by atoms with Gasteiger partial charge in [0.15, 0.2) is 6.29 Å². The lowest BCUT2D eigenvalue weighted by Gasteiger charge is -2.10. The molecule has 2 aromatic rings. The molecule has 1 heterocycles. The number of carbonyl (C=O) groups is 2. The van der Waals surface area contributed by atoms with Gasteiger partial charge in [0.1, 0.15) is 0 Å². The molecule has 0 amide bonds. The van der Waals surface area contributed by atoms with E-state index in [0.717, 1.165) is 6.29 Å². The Kier molecular flexibility index (Phi) is 3.98. The number of carbonyl (C=O) groups excluding carboxylic acids is 2. The summed E-state index contributed by atoms with van der Waals surface area (Å²) >= 11 is 0. The van der Waals surface area contributed by atoms with Crippen LogP contribution >= 0.6 is 0 Å². The van der Waals surface area contributed by atoms with E-state index in [9.17, 15) is 9.59 Å². The molecule has 0 spiro atoms. The standard InChI is InChI=1S/C15H16N2O3/c1-4-20-15(19)12-7-5-6-8-14(12)17-11(3)13(9-18)10(2)16-17/h5-9H,4H2,1-3H3. The van der Waals surface area contributed by atoms with Crippen LogP contribution in [0.4, 0.5) is 0 Å². The monoisotopic (exact) mass is 272 g/mol. The number of aromatic nitrogens is 2. The molecule has 0 aliphatic heterocycles. The Labute approximate surface area is 117 Å². The SMILES string of the molecule is CCOC(=O)c1ccccc1-n1nc(C)c(C=O)c1C. The third-order valence-electron chi connectivity index (χ3n) is 3.09. The molecule has 0 aliphatic rings. The van der Waals surface area contributed by atoms with Gasteiger partial charge in [-0.05, 0) is 32.9 Å². The van der Waals surface area contributed by atoms with E-state index in [1.165, 1.54) is 0 Å². The maximum atomic E-state index is 12.0. The molecule has 0 bridgehead atoms. The molecule has 2 rings (SSSR count). The minimum Gasteiger partial charge on any atom is -0.462 e. The quantitative estimate of drug-likeness (QED) is 0.633. The van der Waals surface area contributed by atoms with Gasteiger partial charge >= 0.3 is 5.97 Å². The number of ether oxygens (including phenoxy) is 1. The van der Waals surface area contributed by atoms with Crippen molar-refractivity contribution in [1.29, 1.82) is 0 Å². The molecule has 5 heteroatoms. The zero-order valence-electron chi connectivity index (χ0n) is 11.7. The van der Waals surface area contributed by atoms with Crippen molar-refractivity contribution in [2.75, 3.05) is 6.61 Å². The molecule has 1 aromatic heterocycles. The van der Waals surface area contributed by atoms with Gasteiger partial charge in [0.2, 0.25) is 0 Å². The number of nitrogens with zero attached hydrogens (tertiary/aromatic N) is 2. The van der Waals surface area contributed by atoms with E-state index >= 15 is 0 Å². The molecule has 5 nitrogen and oxygen atoms in total. The second-order valence-corrected chi connectivity index (χ2v) is 4.35. The Morgan fingerprint density at radius 1 is 1.35 bits per heavy atom. The second-order valence-electron chi connectivity index (χ2n) is 4.35. The lowest BCUT2D eigenvalue weighted by Crippen LogP contribution is -2.11. The van der Waals surface area contributed by atoms with Crippen LogP contribution in [0.25, 0.3) is 5.69 Å². The Hall–Kier alpha value is -2.43. The van der Waals surface area contributed by atoms with E-state index in [2.05, 4.69) is 5.10 Å². The Morgan fingerprint density at radius 3 is 2.65 bits per heavy atom. The van der Waals surface area contributed by atoms with E-state index in [1.54, 1.807) is 43.7 Å². The summed E-state index contributed by atoms with van der Waals surface area (Å²) in [7, 11) is 0. The summed E-state index contributed by atoms with van der Waals surface area (Å²) in [5.41, 5.74) is 2.92. The molecule has 104 valence electrons. The first-order chi connectivity index (χ1) is 9.60. The number of hydrogen-bond donors (Lipinski definition) is 0. The van der Waals surface area contributed by atoms with E-state index in [1.807, 2.05) is 6.07 Å². The van der Waals surface area contributed by atoms with E-state index in [4.69, 9.17) is 4.74 Å². The van der Waals surface area contributed by atoms with Crippen molar-refractivity contribution < 1.29 is 14.3 Å². The van der Waals surface area contributed by atoms with Crippen molar-refractivity contribution in [1.82, 2.24) is 9.78 Å². The van der Waals surface area contributed by atoms with Crippen LogP contribution in [0, 0.1) is 13.8 Å². The summed E-state index contributed by atoms with van der Waals surface area (Å²) in [5.74, 6) is -0.400. The fourth-order valence-corrected chi connectivity index (χ4v) is 2.10. The van der Waals surface area contributed by atoms with Crippen LogP contribution in [-0.4, -0.2) is 28.6 Å². The zero-order chi connectivity index (χ0) is 14.7. The first kappa shape index (κ1) is 14.0. The van der Waals surface area contributed by atoms with E-state index < -0.39 is 5.97 Å². The Balaban J connectivity index is 2.59. The number of aldehydes is 1. The van der Waals surface area contributed by atoms with Gasteiger partial charge in [-0.15, -0.1) is 0 Å². The summed E-state index contributed by atoms with van der Waals surface area (Å²) < 4.78 is 6.65. The summed E-state index contributed by atoms with van der Waals surface area (Å²) in [6.07, 6.45) is 0.779. The number of rotatable bonds is 4. The van der Waals surface area contributed by atoms with Crippen molar-refractivity contribution in [3.8, 4) is 5.69 Å². The highest BCUT2D eigenvalue weighted by molar-refractivity contribution is 5.93. The molecule has 0 N–H and O–H groups in total. The van der Waals surface area contributed by atoms with Crippen LogP contribution in [0.2, 0.25) is 0 Å². The highest BCUT2D eigenvalue weighted by Crippen LogP contribution is 2.20. The van der Waals surface area contributed by atoms with Crippen LogP contribution in [0.15, 0.2) is 24.3 Å². The number of aryl methyl sites for hydroxylation is 1. The largest absolute Gasteiger partial charge is 0.462 e. The van der Waals surface area contributed by atoms with Crippen molar-refractivity contribution in [3.63, 3.8) is 0 Å². The van der Waals surface area contributed by atoms with Crippen LogP contribution in [0.5, 0.6) is 0 Å². The van der Waals surface area contributed by atoms with Gasteiger partial charge in [-0.2, -0.15) is 5.10 Å². The predicted molar refractivity (Wildman–Crippen MR) is 74.4 cm³/mol. The molecule has 0 unspecified atom stereocenters. The minimum absolute atomic E-state index is 0.309. The van der Waals surface area contributed by atoms with Gasteiger partial charge in [-0.25, -0.2) is 9.48 Å². The highest BCUT2D eigenvalue weighted by atomic mass is 16.5. The zero-order valence-corrected chi connectivity index (χ0v) is 11.7. The van der Waals surface area contributed by atoms with Gasteiger partial charge in [-0.1, -0.05) is 12.1 Å². The Bertz CT molecular complexity index is 659. The summed E-state index contributed by atoms with van der Waals surface area (Å²) in [4.78, 5) is 23.0. The smallest absolute Gasteiger partial charge is 0.340 e. The third kappa shape index (κ3) is 2.34. The van der Waals surface area contributed by atoms with Crippen molar-refractivity contribution in [3.05, 3.63) is 46.8 Å². The molecule has 0 aliphatic carbocycles. The first-order valence-corrected chi connectivity index (χ1v) is 6.38. The predicted octanol–water partition coefficient (Wildman–Crippen LogP) is 2.48. The van der Waals surface area contributed by atoms with Gasteiger partial charge < -0.3 is 4.74 Å². The van der Waals surface area contributed by atoms with Crippen molar-refractivity contribution >= 4 is 12.3 Å². The Morgan fingerprint density at radius 2 is 2.05 bits per heavy atom. The molecule has 0 saturated heterocycles. The molecular formula is C15H16N2O3. The van der Waals surface area contributed by atoms with Crippen molar-refractivity contribution in [2.24, 2.45) is 0 Å². The third-order valence-corrected chi connectivity index (χ3v) is 3.09. The summed E-state index contributed by atoms with van der Waals surface area (Å²) in [6.45, 7) is 5.63. The number of benzene rings is 1. The van der Waals surface area contributed by atoms with Crippen LogP contribution in [-0.2, 0) is 4.74 Å². The maximum Gasteiger partial charge on any atom is 0.340 e. The number of hydrogen-bond acceptors (Lipinski definition) is 4. The van der Waals surface area contributed by atoms with Gasteiger partial charge in [0.05, 0.1) is 34.8 Å². The molecular weight excluding hydrogens is 256 g/mol. The molecule has 0 fully saturated rings. The molecule has 0 atom stereocenters. The fraction of sp³-hybridized carbons (Fsp3) is 0.267. The first-order valence-electron chi connectivity index (χ1n) is 6.38. The van der Waals surface area contributed by atoms with Gasteiger partial charge in [-0.3, -0.25) is 4.79 Å². The minimum atomic E-state index is -0.400. The lowest BCUT2D eigenvalue weighted by atomic mass is 10.1. The normalized spacial score (nSPS) is 10.3. The number of para-hydroxylation sites is 1. The van der Waals surface area contributed by atoms with Crippen LogP contribution < -0.4 is 0 Å². The molecule has 0 radical (unpaired) electrons. The average molecular weight is 272 g/mol. The molecule has 0 saturated carbocycles. The second kappa shape index (κ2) is 5.69.